The van der Waals surface area contributed by atoms with E-state index in [4.69, 9.17) is 18.9 Å². The zero-order valence-electron chi connectivity index (χ0n) is 29.5. The Labute approximate surface area is 310 Å². The number of aromatic nitrogens is 2. The SMILES string of the molecule is COc1ccc(C(c2ccccc2)(c2ccc(OC)cc2)C(O)[C@H]2O[C@@H](n3ccc(NC(=O)c4ccccc4)nc3=O)C[C@@H]2OC(=O)CCC(=O)O)cc1. The van der Waals surface area contributed by atoms with E-state index in [0.717, 1.165) is 0 Å². The maximum absolute atomic E-state index is 13.5. The third-order valence-corrected chi connectivity index (χ3v) is 9.43. The highest BCUT2D eigenvalue weighted by atomic mass is 16.6. The number of benzene rings is 4. The number of hydrogen-bond donors (Lipinski definition) is 3. The van der Waals surface area contributed by atoms with Gasteiger partial charge in [0.2, 0.25) is 0 Å². The number of carboxylic acids is 1. The first-order valence-corrected chi connectivity index (χ1v) is 17.2. The number of rotatable bonds is 14. The molecular weight excluding hydrogens is 694 g/mol. The molecule has 0 radical (unpaired) electrons. The first-order valence-electron chi connectivity index (χ1n) is 17.2. The van der Waals surface area contributed by atoms with Crippen molar-refractivity contribution in [2.75, 3.05) is 19.5 Å². The van der Waals surface area contributed by atoms with E-state index in [2.05, 4.69) is 10.3 Å². The van der Waals surface area contributed by atoms with Crippen LogP contribution in [0.4, 0.5) is 5.82 Å². The van der Waals surface area contributed by atoms with Gasteiger partial charge in [-0.25, -0.2) is 4.79 Å². The molecule has 13 heteroatoms. The van der Waals surface area contributed by atoms with Crippen molar-refractivity contribution in [2.45, 2.75) is 49.2 Å². The van der Waals surface area contributed by atoms with Gasteiger partial charge in [-0.1, -0.05) is 72.8 Å². The first-order chi connectivity index (χ1) is 26.1. The summed E-state index contributed by atoms with van der Waals surface area (Å²) in [6, 6.07) is 33.6. The zero-order valence-corrected chi connectivity index (χ0v) is 29.5. The van der Waals surface area contributed by atoms with Crippen molar-refractivity contribution in [1.29, 1.82) is 0 Å². The Kier molecular flexibility index (Phi) is 11.5. The fraction of sp³-hybridized carbons (Fsp3) is 0.244. The van der Waals surface area contributed by atoms with Crippen molar-refractivity contribution in [3.8, 4) is 11.5 Å². The average Bonchev–Trinajstić information content (AvgIpc) is 3.61. The van der Waals surface area contributed by atoms with Gasteiger partial charge in [0.15, 0.2) is 0 Å². The third kappa shape index (κ3) is 7.87. The second-order valence-corrected chi connectivity index (χ2v) is 12.6. The summed E-state index contributed by atoms with van der Waals surface area (Å²) in [6.07, 6.45) is -4.55. The van der Waals surface area contributed by atoms with Crippen LogP contribution in [0.1, 0.15) is 52.5 Å². The Hall–Kier alpha value is -6.31. The van der Waals surface area contributed by atoms with E-state index in [1.807, 2.05) is 54.6 Å². The Morgan fingerprint density at radius 1 is 0.833 bits per heavy atom. The van der Waals surface area contributed by atoms with Crippen LogP contribution in [0.3, 0.4) is 0 Å². The van der Waals surface area contributed by atoms with Gasteiger partial charge in [0.25, 0.3) is 5.91 Å². The fourth-order valence-corrected chi connectivity index (χ4v) is 6.81. The monoisotopic (exact) mass is 733 g/mol. The number of hydrogen-bond acceptors (Lipinski definition) is 10. The predicted molar refractivity (Wildman–Crippen MR) is 196 cm³/mol. The molecule has 0 bridgehead atoms. The lowest BCUT2D eigenvalue weighted by Crippen LogP contribution is -2.52. The number of carboxylic acid groups (broad SMARTS) is 1. The normalized spacial score (nSPS) is 17.3. The van der Waals surface area contributed by atoms with Crippen molar-refractivity contribution in [3.63, 3.8) is 0 Å². The van der Waals surface area contributed by atoms with Crippen LogP contribution in [-0.4, -0.2) is 70.1 Å². The summed E-state index contributed by atoms with van der Waals surface area (Å²) in [6.45, 7) is 0. The summed E-state index contributed by atoms with van der Waals surface area (Å²) >= 11 is 0. The summed E-state index contributed by atoms with van der Waals surface area (Å²) in [5, 5.41) is 24.8. The molecule has 0 aliphatic carbocycles. The van der Waals surface area contributed by atoms with Gasteiger partial charge in [-0.15, -0.1) is 0 Å². The molecule has 5 aromatic rings. The minimum atomic E-state index is -1.49. The van der Waals surface area contributed by atoms with Crippen LogP contribution in [0.15, 0.2) is 126 Å². The molecule has 0 spiro atoms. The van der Waals surface area contributed by atoms with Gasteiger partial charge in [0.05, 0.1) is 32.5 Å². The molecule has 1 unspecified atom stereocenters. The molecule has 2 heterocycles. The van der Waals surface area contributed by atoms with Gasteiger partial charge < -0.3 is 34.5 Å². The number of aliphatic hydroxyl groups is 1. The van der Waals surface area contributed by atoms with Crippen molar-refractivity contribution in [3.05, 3.63) is 154 Å². The number of methoxy groups -OCH3 is 2. The molecule has 1 amide bonds. The Bertz CT molecular complexity index is 2080. The number of nitrogens with one attached hydrogen (secondary N) is 1. The summed E-state index contributed by atoms with van der Waals surface area (Å²) in [7, 11) is 3.10. The molecule has 3 N–H and O–H groups in total. The number of aliphatic hydroxyl groups excluding tert-OH is 1. The van der Waals surface area contributed by atoms with Gasteiger partial charge in [-0.3, -0.25) is 19.0 Å². The van der Waals surface area contributed by atoms with E-state index in [1.165, 1.54) is 16.8 Å². The molecular formula is C41H39N3O10. The minimum absolute atomic E-state index is 0.0124. The molecule has 1 aliphatic rings. The van der Waals surface area contributed by atoms with E-state index < -0.39 is 66.3 Å². The van der Waals surface area contributed by atoms with Crippen LogP contribution in [0.5, 0.6) is 11.5 Å². The lowest BCUT2D eigenvalue weighted by molar-refractivity contribution is -0.159. The number of anilines is 1. The van der Waals surface area contributed by atoms with Crippen LogP contribution >= 0.6 is 0 Å². The maximum atomic E-state index is 13.5. The van der Waals surface area contributed by atoms with E-state index in [1.54, 1.807) is 68.8 Å². The van der Waals surface area contributed by atoms with Crippen molar-refractivity contribution < 1.29 is 43.5 Å². The van der Waals surface area contributed by atoms with Crippen molar-refractivity contribution >= 4 is 23.7 Å². The molecule has 54 heavy (non-hydrogen) atoms. The highest BCUT2D eigenvalue weighted by molar-refractivity contribution is 6.03. The first kappa shape index (κ1) is 37.4. The Morgan fingerprint density at radius 2 is 1.39 bits per heavy atom. The summed E-state index contributed by atoms with van der Waals surface area (Å²) in [5.74, 6) is -1.26. The number of nitrogens with zero attached hydrogens (tertiary/aromatic N) is 2. The van der Waals surface area contributed by atoms with E-state index in [9.17, 15) is 29.4 Å². The summed E-state index contributed by atoms with van der Waals surface area (Å²) < 4.78 is 24.5. The molecule has 6 rings (SSSR count). The molecule has 1 fully saturated rings. The molecule has 1 aliphatic heterocycles. The highest BCUT2D eigenvalue weighted by Crippen LogP contribution is 2.47. The molecule has 4 atom stereocenters. The van der Waals surface area contributed by atoms with Crippen LogP contribution < -0.4 is 20.5 Å². The molecule has 1 saturated heterocycles. The number of esters is 1. The fourth-order valence-electron chi connectivity index (χ4n) is 6.81. The number of amides is 1. The van der Waals surface area contributed by atoms with Gasteiger partial charge in [-0.2, -0.15) is 4.98 Å². The maximum Gasteiger partial charge on any atom is 0.351 e. The largest absolute Gasteiger partial charge is 0.497 e. The number of carbonyl (C=O) groups is 3. The topological polar surface area (TPSA) is 176 Å². The van der Waals surface area contributed by atoms with Crippen LogP contribution in [-0.2, 0) is 24.5 Å². The van der Waals surface area contributed by atoms with Gasteiger partial charge in [0, 0.05) is 18.2 Å². The number of aliphatic carboxylic acids is 1. The second-order valence-electron chi connectivity index (χ2n) is 12.6. The molecule has 278 valence electrons. The average molecular weight is 734 g/mol. The van der Waals surface area contributed by atoms with Crippen LogP contribution in [0, 0.1) is 0 Å². The van der Waals surface area contributed by atoms with Crippen LogP contribution in [0.25, 0.3) is 0 Å². The standard InChI is InChI=1S/C41H39N3O10/c1-51-30-17-13-28(14-18-30)41(27-11-7-4-8-12-27,29-15-19-31(52-2)20-16-29)38(48)37-32(53-36(47)22-21-35(45)46)25-34(54-37)44-24-23-33(43-40(44)50)42-39(49)26-9-5-3-6-10-26/h3-20,23-24,32,34,37-38,48H,21-22,25H2,1-2H3,(H,45,46)(H,42,43,49,50)/t32-,34+,37-,38?/m0/s1. The summed E-state index contributed by atoms with van der Waals surface area (Å²) in [4.78, 5) is 54.6. The quantitative estimate of drug-likeness (QED) is 0.104. The molecule has 1 aromatic heterocycles. The van der Waals surface area contributed by atoms with E-state index in [0.29, 0.717) is 33.8 Å². The Morgan fingerprint density at radius 3 is 1.93 bits per heavy atom. The van der Waals surface area contributed by atoms with E-state index in [-0.39, 0.29) is 12.2 Å². The number of ether oxygens (including phenoxy) is 4. The predicted octanol–water partition coefficient (Wildman–Crippen LogP) is 4.97. The lowest BCUT2D eigenvalue weighted by atomic mass is 9.64. The smallest absolute Gasteiger partial charge is 0.351 e. The third-order valence-electron chi connectivity index (χ3n) is 9.43. The molecule has 0 saturated carbocycles. The minimum Gasteiger partial charge on any atom is -0.497 e. The van der Waals surface area contributed by atoms with Gasteiger partial charge in [-0.05, 0) is 59.2 Å². The lowest BCUT2D eigenvalue weighted by Gasteiger charge is -2.43. The highest BCUT2D eigenvalue weighted by Gasteiger charge is 2.53. The molecule has 13 nitrogen and oxygen atoms in total. The van der Waals surface area contributed by atoms with Crippen molar-refractivity contribution in [2.24, 2.45) is 0 Å². The molecule has 4 aromatic carbocycles. The van der Waals surface area contributed by atoms with Crippen LogP contribution in [0.2, 0.25) is 0 Å². The van der Waals surface area contributed by atoms with E-state index >= 15 is 0 Å². The van der Waals surface area contributed by atoms with Crippen molar-refractivity contribution in [1.82, 2.24) is 9.55 Å². The summed E-state index contributed by atoms with van der Waals surface area (Å²) in [5.41, 5.74) is 0.201. The van der Waals surface area contributed by atoms with Gasteiger partial charge >= 0.3 is 17.6 Å². The number of carbonyl (C=O) groups excluding carboxylic acids is 2. The van der Waals surface area contributed by atoms with Gasteiger partial charge in [0.1, 0.15) is 41.9 Å². The second kappa shape index (κ2) is 16.6. The zero-order chi connectivity index (χ0) is 38.2. The Balaban J connectivity index is 1.43.